The van der Waals surface area contributed by atoms with Crippen molar-refractivity contribution in [1.29, 1.82) is 0 Å². The fraction of sp³-hybridized carbons (Fsp3) is 0.444. The lowest BCUT2D eigenvalue weighted by Crippen LogP contribution is -2.22. The SMILES string of the molecule is CCc1nc(F)cc(Cc2c(C(C)C)ccc(=O)n2C)c1C. The van der Waals surface area contributed by atoms with Crippen molar-refractivity contribution >= 4 is 0 Å². The van der Waals surface area contributed by atoms with Crippen LogP contribution in [0.15, 0.2) is 23.0 Å². The summed E-state index contributed by atoms with van der Waals surface area (Å²) in [5.74, 6) is -0.149. The summed E-state index contributed by atoms with van der Waals surface area (Å²) in [6.45, 7) is 8.13. The van der Waals surface area contributed by atoms with Crippen molar-refractivity contribution in [3.05, 3.63) is 62.6 Å². The molecule has 0 radical (unpaired) electrons. The van der Waals surface area contributed by atoms with Crippen LogP contribution < -0.4 is 5.56 Å². The van der Waals surface area contributed by atoms with Crippen molar-refractivity contribution in [2.24, 2.45) is 7.05 Å². The molecule has 3 nitrogen and oxygen atoms in total. The summed E-state index contributed by atoms with van der Waals surface area (Å²) < 4.78 is 15.4. The third-order valence-corrected chi connectivity index (χ3v) is 4.24. The van der Waals surface area contributed by atoms with Gasteiger partial charge in [0, 0.05) is 30.9 Å². The molecule has 0 N–H and O–H groups in total. The summed E-state index contributed by atoms with van der Waals surface area (Å²) in [6.07, 6.45) is 1.24. The molecule has 4 heteroatoms. The van der Waals surface area contributed by atoms with Crippen LogP contribution in [0.4, 0.5) is 4.39 Å². The Morgan fingerprint density at radius 2 is 2.00 bits per heavy atom. The van der Waals surface area contributed by atoms with Gasteiger partial charge in [0.05, 0.1) is 0 Å². The van der Waals surface area contributed by atoms with E-state index in [0.29, 0.717) is 18.8 Å². The largest absolute Gasteiger partial charge is 0.315 e. The van der Waals surface area contributed by atoms with Crippen molar-refractivity contribution in [2.45, 2.75) is 46.5 Å². The molecule has 0 aliphatic carbocycles. The van der Waals surface area contributed by atoms with Gasteiger partial charge in [-0.25, -0.2) is 4.98 Å². The number of hydrogen-bond acceptors (Lipinski definition) is 2. The zero-order valence-corrected chi connectivity index (χ0v) is 13.9. The fourth-order valence-electron chi connectivity index (χ4n) is 2.83. The number of hydrogen-bond donors (Lipinski definition) is 0. The number of rotatable bonds is 4. The van der Waals surface area contributed by atoms with Crippen LogP contribution in [0.3, 0.4) is 0 Å². The molecule has 2 heterocycles. The highest BCUT2D eigenvalue weighted by molar-refractivity contribution is 5.36. The highest BCUT2D eigenvalue weighted by Gasteiger charge is 2.15. The molecule has 0 aliphatic heterocycles. The van der Waals surface area contributed by atoms with Gasteiger partial charge in [0.2, 0.25) is 11.5 Å². The van der Waals surface area contributed by atoms with Gasteiger partial charge >= 0.3 is 0 Å². The minimum atomic E-state index is -0.454. The molecule has 0 bridgehead atoms. The van der Waals surface area contributed by atoms with E-state index >= 15 is 0 Å². The fourth-order valence-corrected chi connectivity index (χ4v) is 2.83. The quantitative estimate of drug-likeness (QED) is 0.810. The Morgan fingerprint density at radius 1 is 1.32 bits per heavy atom. The Morgan fingerprint density at radius 3 is 2.59 bits per heavy atom. The van der Waals surface area contributed by atoms with E-state index in [1.54, 1.807) is 17.7 Å². The Labute approximate surface area is 130 Å². The predicted octanol–water partition coefficient (Wildman–Crippen LogP) is 3.50. The maximum Gasteiger partial charge on any atom is 0.250 e. The molecule has 2 rings (SSSR count). The zero-order chi connectivity index (χ0) is 16.4. The summed E-state index contributed by atoms with van der Waals surface area (Å²) in [6, 6.07) is 4.96. The third-order valence-electron chi connectivity index (χ3n) is 4.24. The molecular formula is C18H23FN2O. The Bertz CT molecular complexity index is 747. The molecule has 2 aromatic rings. The second-order valence-electron chi connectivity index (χ2n) is 5.99. The molecule has 22 heavy (non-hydrogen) atoms. The molecule has 0 fully saturated rings. The van der Waals surface area contributed by atoms with Gasteiger partial charge in [-0.1, -0.05) is 26.8 Å². The normalized spacial score (nSPS) is 11.2. The molecule has 118 valence electrons. The van der Waals surface area contributed by atoms with Gasteiger partial charge < -0.3 is 4.57 Å². The average Bonchev–Trinajstić information content (AvgIpc) is 2.46. The molecule has 2 aromatic heterocycles. The standard InChI is InChI=1S/C18H23FN2O/c1-6-15-12(4)13(10-17(19)20-15)9-16-14(11(2)3)7-8-18(22)21(16)5/h7-8,10-11H,6,9H2,1-5H3. The van der Waals surface area contributed by atoms with Gasteiger partial charge in [0.1, 0.15) is 0 Å². The number of aromatic nitrogens is 2. The molecular weight excluding hydrogens is 279 g/mol. The molecule has 0 aliphatic rings. The summed E-state index contributed by atoms with van der Waals surface area (Å²) in [5.41, 5.74) is 4.71. The first-order chi connectivity index (χ1) is 10.3. The van der Waals surface area contributed by atoms with Crippen molar-refractivity contribution in [1.82, 2.24) is 9.55 Å². The summed E-state index contributed by atoms with van der Waals surface area (Å²) >= 11 is 0. The summed E-state index contributed by atoms with van der Waals surface area (Å²) in [5, 5.41) is 0. The van der Waals surface area contributed by atoms with E-state index in [-0.39, 0.29) is 5.56 Å². The van der Waals surface area contributed by atoms with E-state index < -0.39 is 5.95 Å². The molecule has 0 spiro atoms. The average molecular weight is 302 g/mol. The first-order valence-electron chi connectivity index (χ1n) is 7.68. The van der Waals surface area contributed by atoms with Crippen LogP contribution in [0, 0.1) is 12.9 Å². The minimum Gasteiger partial charge on any atom is -0.315 e. The van der Waals surface area contributed by atoms with Gasteiger partial charge in [0.25, 0.3) is 0 Å². The van der Waals surface area contributed by atoms with Crippen LogP contribution in [-0.2, 0) is 19.9 Å². The third kappa shape index (κ3) is 3.11. The molecule has 0 saturated carbocycles. The van der Waals surface area contributed by atoms with Crippen LogP contribution in [0.1, 0.15) is 54.8 Å². The van der Waals surface area contributed by atoms with Crippen molar-refractivity contribution in [3.8, 4) is 0 Å². The number of pyridine rings is 2. The van der Waals surface area contributed by atoms with Crippen molar-refractivity contribution in [3.63, 3.8) is 0 Å². The van der Waals surface area contributed by atoms with Crippen LogP contribution in [0.25, 0.3) is 0 Å². The number of halogens is 1. The molecule has 0 amide bonds. The predicted molar refractivity (Wildman–Crippen MR) is 86.9 cm³/mol. The van der Waals surface area contributed by atoms with Gasteiger partial charge in [-0.15, -0.1) is 0 Å². The zero-order valence-electron chi connectivity index (χ0n) is 13.9. The van der Waals surface area contributed by atoms with E-state index in [1.165, 1.54) is 6.07 Å². The van der Waals surface area contributed by atoms with Crippen molar-refractivity contribution < 1.29 is 4.39 Å². The second kappa shape index (κ2) is 6.42. The first kappa shape index (κ1) is 16.4. The first-order valence-corrected chi connectivity index (χ1v) is 7.68. The lowest BCUT2D eigenvalue weighted by atomic mass is 9.95. The van der Waals surface area contributed by atoms with Crippen LogP contribution in [0.2, 0.25) is 0 Å². The topological polar surface area (TPSA) is 34.9 Å². The van der Waals surface area contributed by atoms with Gasteiger partial charge in [0.15, 0.2) is 0 Å². The molecule has 0 atom stereocenters. The number of nitrogens with zero attached hydrogens (tertiary/aromatic N) is 2. The highest BCUT2D eigenvalue weighted by atomic mass is 19.1. The Kier molecular flexibility index (Phi) is 4.79. The maximum absolute atomic E-state index is 13.8. The summed E-state index contributed by atoms with van der Waals surface area (Å²) in [7, 11) is 1.77. The van der Waals surface area contributed by atoms with Crippen LogP contribution in [0.5, 0.6) is 0 Å². The molecule has 0 aromatic carbocycles. The van der Waals surface area contributed by atoms with Gasteiger partial charge in [-0.05, 0) is 42.0 Å². The maximum atomic E-state index is 13.8. The lowest BCUT2D eigenvalue weighted by molar-refractivity contribution is 0.573. The molecule has 0 unspecified atom stereocenters. The van der Waals surface area contributed by atoms with E-state index in [0.717, 1.165) is 28.1 Å². The van der Waals surface area contributed by atoms with Crippen LogP contribution >= 0.6 is 0 Å². The van der Waals surface area contributed by atoms with E-state index in [1.807, 2.05) is 19.9 Å². The smallest absolute Gasteiger partial charge is 0.250 e. The molecule has 0 saturated heterocycles. The number of aryl methyl sites for hydroxylation is 1. The Balaban J connectivity index is 2.59. The van der Waals surface area contributed by atoms with E-state index in [4.69, 9.17) is 0 Å². The van der Waals surface area contributed by atoms with Crippen LogP contribution in [-0.4, -0.2) is 9.55 Å². The monoisotopic (exact) mass is 302 g/mol. The van der Waals surface area contributed by atoms with E-state index in [2.05, 4.69) is 18.8 Å². The Hall–Kier alpha value is -1.97. The van der Waals surface area contributed by atoms with Gasteiger partial charge in [-0.3, -0.25) is 4.79 Å². The second-order valence-corrected chi connectivity index (χ2v) is 5.99. The summed E-state index contributed by atoms with van der Waals surface area (Å²) in [4.78, 5) is 15.9. The minimum absolute atomic E-state index is 0.0395. The van der Waals surface area contributed by atoms with Crippen molar-refractivity contribution in [2.75, 3.05) is 0 Å². The van der Waals surface area contributed by atoms with Gasteiger partial charge in [-0.2, -0.15) is 4.39 Å². The highest BCUT2D eigenvalue weighted by Crippen LogP contribution is 2.23. The van der Waals surface area contributed by atoms with E-state index in [9.17, 15) is 9.18 Å². The lowest BCUT2D eigenvalue weighted by Gasteiger charge is -2.18.